The van der Waals surface area contributed by atoms with Gasteiger partial charge >= 0.3 is 10.2 Å². The van der Waals surface area contributed by atoms with Crippen LogP contribution in [0.3, 0.4) is 0 Å². The number of hydrogen-bond acceptors (Lipinski definition) is 4. The molecule has 1 N–H and O–H groups in total. The van der Waals surface area contributed by atoms with E-state index in [2.05, 4.69) is 23.2 Å². The van der Waals surface area contributed by atoms with E-state index >= 15 is 0 Å². The van der Waals surface area contributed by atoms with Gasteiger partial charge in [-0.15, -0.1) is 6.58 Å². The van der Waals surface area contributed by atoms with Gasteiger partial charge in [-0.1, -0.05) is 23.8 Å². The number of aryl methyl sites for hydroxylation is 1. The summed E-state index contributed by atoms with van der Waals surface area (Å²) < 4.78 is 34.8. The number of benzene rings is 2. The third-order valence-electron chi connectivity index (χ3n) is 4.75. The molecule has 2 aromatic rings. The molecule has 0 fully saturated rings. The molecule has 0 aliphatic rings. The maximum atomic E-state index is 12.6. The maximum absolute atomic E-state index is 12.6. The van der Waals surface area contributed by atoms with E-state index in [-0.39, 0.29) is 0 Å². The second-order valence-electron chi connectivity index (χ2n) is 7.39. The van der Waals surface area contributed by atoms with E-state index in [1.807, 2.05) is 25.1 Å². The zero-order valence-electron chi connectivity index (χ0n) is 18.2. The second kappa shape index (κ2) is 11.6. The van der Waals surface area contributed by atoms with Gasteiger partial charge in [0.1, 0.15) is 5.75 Å². The predicted molar refractivity (Wildman–Crippen MR) is 126 cm³/mol. The number of nitrogens with zero attached hydrogens (tertiary/aromatic N) is 2. The highest BCUT2D eigenvalue weighted by Gasteiger charge is 2.18. The quantitative estimate of drug-likeness (QED) is 0.376. The molecule has 30 heavy (non-hydrogen) atoms. The van der Waals surface area contributed by atoms with Crippen LogP contribution in [0.5, 0.6) is 5.75 Å². The van der Waals surface area contributed by atoms with Gasteiger partial charge in [0, 0.05) is 13.6 Å². The minimum absolute atomic E-state index is 0.531. The molecule has 0 aliphatic carbocycles. The Balaban J connectivity index is 1.80. The van der Waals surface area contributed by atoms with Crippen LogP contribution in [0.4, 0.5) is 11.4 Å². The molecule has 0 saturated heterocycles. The Morgan fingerprint density at radius 2 is 1.67 bits per heavy atom. The van der Waals surface area contributed by atoms with Crippen molar-refractivity contribution in [3.63, 3.8) is 0 Å². The lowest BCUT2D eigenvalue weighted by Crippen LogP contribution is -2.32. The molecule has 0 radical (unpaired) electrons. The van der Waals surface area contributed by atoms with Crippen molar-refractivity contribution in [2.24, 2.45) is 0 Å². The molecule has 0 bridgehead atoms. The highest BCUT2D eigenvalue weighted by atomic mass is 32.2. The van der Waals surface area contributed by atoms with Gasteiger partial charge in [-0.05, 0) is 76.2 Å². The van der Waals surface area contributed by atoms with Crippen LogP contribution < -0.4 is 13.8 Å². The summed E-state index contributed by atoms with van der Waals surface area (Å²) in [5, 5.41) is 0. The number of rotatable bonds is 13. The van der Waals surface area contributed by atoms with Crippen molar-refractivity contribution >= 4 is 21.6 Å². The van der Waals surface area contributed by atoms with Gasteiger partial charge in [-0.3, -0.25) is 9.03 Å². The number of likely N-dealkylation sites (N-methyl/N-ethyl adjacent to an activating group) is 1. The maximum Gasteiger partial charge on any atom is 0.323 e. The molecule has 0 unspecified atom stereocenters. The van der Waals surface area contributed by atoms with Gasteiger partial charge in [0.25, 0.3) is 0 Å². The SMILES string of the molecule is C=CCN(C)CCCCCOc1ccc(N(C)S(=O)(=O)Nc2ccc(C)cc2)cc1. The molecule has 0 amide bonds. The van der Waals surface area contributed by atoms with E-state index in [4.69, 9.17) is 4.74 Å². The zero-order chi connectivity index (χ0) is 22.0. The Labute approximate surface area is 181 Å². The predicted octanol–water partition coefficient (Wildman–Crippen LogP) is 4.46. The first-order chi connectivity index (χ1) is 14.3. The Kier molecular flexibility index (Phi) is 9.20. The average molecular weight is 432 g/mol. The van der Waals surface area contributed by atoms with Gasteiger partial charge in [0.2, 0.25) is 0 Å². The first-order valence-electron chi connectivity index (χ1n) is 10.2. The molecule has 0 saturated carbocycles. The molecule has 0 aliphatic heterocycles. The first kappa shape index (κ1) is 23.8. The monoisotopic (exact) mass is 431 g/mol. The summed E-state index contributed by atoms with van der Waals surface area (Å²) >= 11 is 0. The Morgan fingerprint density at radius 3 is 2.30 bits per heavy atom. The summed E-state index contributed by atoms with van der Waals surface area (Å²) in [6.07, 6.45) is 5.13. The summed E-state index contributed by atoms with van der Waals surface area (Å²) in [6, 6.07) is 14.3. The van der Waals surface area contributed by atoms with E-state index in [0.717, 1.165) is 43.7 Å². The van der Waals surface area contributed by atoms with Gasteiger partial charge < -0.3 is 9.64 Å². The molecule has 2 rings (SSSR count). The van der Waals surface area contributed by atoms with Crippen LogP contribution in [-0.4, -0.2) is 47.1 Å². The minimum Gasteiger partial charge on any atom is -0.494 e. The molecule has 0 spiro atoms. The van der Waals surface area contributed by atoms with Gasteiger partial charge in [0.05, 0.1) is 18.0 Å². The van der Waals surface area contributed by atoms with Crippen LogP contribution in [0.15, 0.2) is 61.2 Å². The van der Waals surface area contributed by atoms with E-state index in [1.165, 1.54) is 11.4 Å². The minimum atomic E-state index is -3.70. The fourth-order valence-corrected chi connectivity index (χ4v) is 3.86. The molecule has 164 valence electrons. The summed E-state index contributed by atoms with van der Waals surface area (Å²) in [5.74, 6) is 0.736. The molecule has 6 nitrogen and oxygen atoms in total. The van der Waals surface area contributed by atoms with Crippen molar-refractivity contribution in [2.45, 2.75) is 26.2 Å². The fraction of sp³-hybridized carbons (Fsp3) is 0.391. The Hall–Kier alpha value is -2.51. The molecular formula is C23H33N3O3S. The number of ether oxygens (including phenoxy) is 1. The molecule has 0 aromatic heterocycles. The normalized spacial score (nSPS) is 11.3. The van der Waals surface area contributed by atoms with E-state index in [0.29, 0.717) is 18.0 Å². The summed E-state index contributed by atoms with van der Waals surface area (Å²) in [7, 11) is -0.0841. The van der Waals surface area contributed by atoms with Crippen molar-refractivity contribution in [3.8, 4) is 5.75 Å². The average Bonchev–Trinajstić information content (AvgIpc) is 2.72. The molecule has 7 heteroatoms. The molecule has 2 aromatic carbocycles. The third kappa shape index (κ3) is 7.72. The summed E-state index contributed by atoms with van der Waals surface area (Å²) in [6.45, 7) is 8.31. The number of anilines is 2. The standard InChI is InChI=1S/C23H33N3O3S/c1-5-17-25(3)18-7-6-8-19-29-23-15-13-22(14-16-23)26(4)30(27,28)24-21-11-9-20(2)10-12-21/h5,9-16,24H,1,6-8,17-19H2,2-4H3. The first-order valence-corrected chi connectivity index (χ1v) is 11.6. The van der Waals surface area contributed by atoms with Gasteiger partial charge in [0.15, 0.2) is 0 Å². The van der Waals surface area contributed by atoms with Crippen molar-refractivity contribution < 1.29 is 13.2 Å². The third-order valence-corrected chi connectivity index (χ3v) is 6.18. The summed E-state index contributed by atoms with van der Waals surface area (Å²) in [5.41, 5.74) is 2.16. The Bertz CT molecular complexity index is 881. The lowest BCUT2D eigenvalue weighted by molar-refractivity contribution is 0.296. The zero-order valence-corrected chi connectivity index (χ0v) is 19.0. The fourth-order valence-electron chi connectivity index (χ4n) is 2.89. The number of hydrogen-bond donors (Lipinski definition) is 1. The largest absolute Gasteiger partial charge is 0.494 e. The lowest BCUT2D eigenvalue weighted by Gasteiger charge is -2.20. The van der Waals surface area contributed by atoms with Crippen molar-refractivity contribution in [3.05, 3.63) is 66.7 Å². The van der Waals surface area contributed by atoms with Crippen LogP contribution in [0, 0.1) is 6.92 Å². The van der Waals surface area contributed by atoms with Crippen LogP contribution in [0.2, 0.25) is 0 Å². The smallest absolute Gasteiger partial charge is 0.323 e. The van der Waals surface area contributed by atoms with Gasteiger partial charge in [-0.2, -0.15) is 8.42 Å². The molecular weight excluding hydrogens is 398 g/mol. The summed E-state index contributed by atoms with van der Waals surface area (Å²) in [4.78, 5) is 2.24. The van der Waals surface area contributed by atoms with Crippen molar-refractivity contribution in [1.82, 2.24) is 4.90 Å². The number of nitrogens with one attached hydrogen (secondary N) is 1. The molecule has 0 atom stereocenters. The van der Waals surface area contributed by atoms with E-state index < -0.39 is 10.2 Å². The topological polar surface area (TPSA) is 61.9 Å². The highest BCUT2D eigenvalue weighted by Crippen LogP contribution is 2.22. The second-order valence-corrected chi connectivity index (χ2v) is 9.10. The van der Waals surface area contributed by atoms with Crippen LogP contribution in [0.1, 0.15) is 24.8 Å². The van der Waals surface area contributed by atoms with Crippen molar-refractivity contribution in [1.29, 1.82) is 0 Å². The van der Waals surface area contributed by atoms with Crippen LogP contribution >= 0.6 is 0 Å². The van der Waals surface area contributed by atoms with E-state index in [1.54, 1.807) is 36.4 Å². The Morgan fingerprint density at radius 1 is 1.00 bits per heavy atom. The van der Waals surface area contributed by atoms with Crippen LogP contribution in [-0.2, 0) is 10.2 Å². The van der Waals surface area contributed by atoms with Crippen LogP contribution in [0.25, 0.3) is 0 Å². The lowest BCUT2D eigenvalue weighted by atomic mass is 10.2. The molecule has 0 heterocycles. The van der Waals surface area contributed by atoms with E-state index in [9.17, 15) is 8.42 Å². The van der Waals surface area contributed by atoms with Crippen molar-refractivity contribution in [2.75, 3.05) is 42.8 Å². The highest BCUT2D eigenvalue weighted by molar-refractivity contribution is 7.94. The van der Waals surface area contributed by atoms with Gasteiger partial charge in [-0.25, -0.2) is 0 Å². The number of unbranched alkanes of at least 4 members (excludes halogenated alkanes) is 2.